The second kappa shape index (κ2) is 3.92. The average molecular weight is 224 g/mol. The van der Waals surface area contributed by atoms with E-state index < -0.39 is 12.3 Å². The fourth-order valence-corrected chi connectivity index (χ4v) is 2.45. The number of hydrogen-bond donors (Lipinski definition) is 2. The smallest absolute Gasteiger partial charge is 0.382 e. The van der Waals surface area contributed by atoms with E-state index in [9.17, 15) is 13.2 Å². The summed E-state index contributed by atoms with van der Waals surface area (Å²) in [7, 11) is 0. The van der Waals surface area contributed by atoms with Crippen molar-refractivity contribution >= 4 is 0 Å². The maximum absolute atomic E-state index is 12.1. The molecule has 2 rings (SSSR count). The zero-order valence-corrected chi connectivity index (χ0v) is 8.30. The van der Waals surface area contributed by atoms with E-state index in [1.165, 1.54) is 0 Å². The third kappa shape index (κ3) is 2.43. The Morgan fingerprint density at radius 1 is 1.27 bits per heavy atom. The number of nitrogens with one attached hydrogen (secondary N) is 1. The molecule has 0 aromatic rings. The van der Waals surface area contributed by atoms with Gasteiger partial charge in [0.2, 0.25) is 0 Å². The van der Waals surface area contributed by atoms with E-state index >= 15 is 0 Å². The van der Waals surface area contributed by atoms with Gasteiger partial charge < -0.3 is 10.4 Å². The van der Waals surface area contributed by atoms with Crippen LogP contribution in [0.2, 0.25) is 0 Å². The van der Waals surface area contributed by atoms with Crippen LogP contribution in [0.5, 0.6) is 0 Å². The van der Waals surface area contributed by atoms with Crippen molar-refractivity contribution < 1.29 is 18.3 Å². The first-order valence-corrected chi connectivity index (χ1v) is 5.14. The Balaban J connectivity index is 1.82. The fourth-order valence-electron chi connectivity index (χ4n) is 2.45. The lowest BCUT2D eigenvalue weighted by Gasteiger charge is -2.22. The molecule has 2 fully saturated rings. The van der Waals surface area contributed by atoms with Crippen LogP contribution in [0.1, 0.15) is 0 Å². The van der Waals surface area contributed by atoms with E-state index in [-0.39, 0.29) is 6.54 Å². The van der Waals surface area contributed by atoms with Gasteiger partial charge in [-0.25, -0.2) is 0 Å². The number of aliphatic hydroxyl groups excluding tert-OH is 1. The van der Waals surface area contributed by atoms with E-state index in [0.717, 1.165) is 13.1 Å². The van der Waals surface area contributed by atoms with E-state index in [0.29, 0.717) is 24.9 Å². The Labute approximate surface area is 86.2 Å². The highest BCUT2D eigenvalue weighted by Crippen LogP contribution is 2.28. The molecule has 0 spiro atoms. The minimum Gasteiger partial charge on any atom is -0.382 e. The summed E-state index contributed by atoms with van der Waals surface area (Å²) in [6.45, 7) is 2.85. The zero-order chi connectivity index (χ0) is 11.1. The molecule has 88 valence electrons. The molecule has 0 aromatic carbocycles. The van der Waals surface area contributed by atoms with Gasteiger partial charge in [0, 0.05) is 19.6 Å². The molecule has 0 amide bonds. The molecule has 2 aliphatic heterocycles. The third-order valence-electron chi connectivity index (χ3n) is 3.27. The Kier molecular flexibility index (Phi) is 2.92. The Morgan fingerprint density at radius 2 is 1.80 bits per heavy atom. The number of β-amino-alcohol motifs (C(OH)–C–C–N with tert-alkyl or cyclic N) is 1. The second-order valence-corrected chi connectivity index (χ2v) is 4.45. The quantitative estimate of drug-likeness (QED) is 0.696. The van der Waals surface area contributed by atoms with Gasteiger partial charge >= 0.3 is 6.18 Å². The maximum Gasteiger partial charge on any atom is 0.415 e. The Hall–Kier alpha value is -0.330. The minimum atomic E-state index is -4.49. The van der Waals surface area contributed by atoms with Crippen molar-refractivity contribution in [3.05, 3.63) is 0 Å². The second-order valence-electron chi connectivity index (χ2n) is 4.45. The molecular formula is C9H15F3N2O. The van der Waals surface area contributed by atoms with Crippen molar-refractivity contribution in [1.82, 2.24) is 10.2 Å². The Morgan fingerprint density at radius 3 is 2.27 bits per heavy atom. The lowest BCUT2D eigenvalue weighted by molar-refractivity contribution is -0.207. The van der Waals surface area contributed by atoms with Gasteiger partial charge in [0.1, 0.15) is 0 Å². The molecule has 0 aromatic heterocycles. The Bertz CT molecular complexity index is 222. The lowest BCUT2D eigenvalue weighted by atomic mass is 10.0. The summed E-state index contributed by atoms with van der Waals surface area (Å²) in [6.07, 6.45) is -6.69. The average Bonchev–Trinajstić information content (AvgIpc) is 2.61. The third-order valence-corrected chi connectivity index (χ3v) is 3.27. The summed E-state index contributed by atoms with van der Waals surface area (Å²) in [4.78, 5) is 1.72. The number of fused-ring (bicyclic) bond motifs is 1. The molecule has 2 aliphatic rings. The molecule has 6 heteroatoms. The van der Waals surface area contributed by atoms with Gasteiger partial charge in [0.05, 0.1) is 0 Å². The monoisotopic (exact) mass is 224 g/mol. The van der Waals surface area contributed by atoms with Crippen LogP contribution in [0.3, 0.4) is 0 Å². The molecule has 2 saturated heterocycles. The van der Waals surface area contributed by atoms with Gasteiger partial charge in [-0.3, -0.25) is 4.90 Å². The van der Waals surface area contributed by atoms with E-state index in [1.54, 1.807) is 4.90 Å². The highest BCUT2D eigenvalue weighted by atomic mass is 19.4. The SMILES string of the molecule is OC(CN1CC2CNCC2C1)C(F)(F)F. The predicted molar refractivity (Wildman–Crippen MR) is 48.4 cm³/mol. The molecule has 2 N–H and O–H groups in total. The van der Waals surface area contributed by atoms with Gasteiger partial charge in [-0.15, -0.1) is 0 Å². The summed E-state index contributed by atoms with van der Waals surface area (Å²) in [6, 6.07) is 0. The van der Waals surface area contributed by atoms with Crippen LogP contribution >= 0.6 is 0 Å². The van der Waals surface area contributed by atoms with Gasteiger partial charge in [-0.1, -0.05) is 0 Å². The maximum atomic E-state index is 12.1. The molecule has 0 bridgehead atoms. The molecule has 2 heterocycles. The molecule has 0 saturated carbocycles. The summed E-state index contributed by atoms with van der Waals surface area (Å²) in [5.41, 5.74) is 0. The van der Waals surface area contributed by atoms with Gasteiger partial charge in [-0.2, -0.15) is 13.2 Å². The first-order chi connectivity index (χ1) is 6.97. The van der Waals surface area contributed by atoms with Crippen molar-refractivity contribution in [3.63, 3.8) is 0 Å². The lowest BCUT2D eigenvalue weighted by Crippen LogP contribution is -2.41. The van der Waals surface area contributed by atoms with Crippen molar-refractivity contribution in [2.75, 3.05) is 32.7 Å². The molecular weight excluding hydrogens is 209 g/mol. The molecule has 0 aliphatic carbocycles. The summed E-state index contributed by atoms with van der Waals surface area (Å²) in [5.74, 6) is 0.927. The number of likely N-dealkylation sites (tertiary alicyclic amines) is 1. The van der Waals surface area contributed by atoms with Crippen LogP contribution in [0, 0.1) is 11.8 Å². The number of alkyl halides is 3. The number of aliphatic hydroxyl groups is 1. The molecule has 0 radical (unpaired) electrons. The zero-order valence-electron chi connectivity index (χ0n) is 8.30. The van der Waals surface area contributed by atoms with Crippen molar-refractivity contribution in [2.24, 2.45) is 11.8 Å². The van der Waals surface area contributed by atoms with Gasteiger partial charge in [0.25, 0.3) is 0 Å². The van der Waals surface area contributed by atoms with Crippen LogP contribution in [-0.2, 0) is 0 Å². The number of halogens is 3. The highest BCUT2D eigenvalue weighted by molar-refractivity contribution is 4.92. The van der Waals surface area contributed by atoms with Crippen LogP contribution < -0.4 is 5.32 Å². The normalized spacial score (nSPS) is 34.4. The summed E-state index contributed by atoms with van der Waals surface area (Å²) >= 11 is 0. The largest absolute Gasteiger partial charge is 0.415 e. The first-order valence-electron chi connectivity index (χ1n) is 5.14. The van der Waals surface area contributed by atoms with Gasteiger partial charge in [-0.05, 0) is 24.9 Å². The molecule has 3 atom stereocenters. The van der Waals surface area contributed by atoms with E-state index in [1.807, 2.05) is 0 Å². The number of nitrogens with zero attached hydrogens (tertiary/aromatic N) is 1. The van der Waals surface area contributed by atoms with Crippen LogP contribution in [0.4, 0.5) is 13.2 Å². The van der Waals surface area contributed by atoms with Crippen molar-refractivity contribution in [2.45, 2.75) is 12.3 Å². The van der Waals surface area contributed by atoms with Crippen molar-refractivity contribution in [1.29, 1.82) is 0 Å². The molecule has 3 nitrogen and oxygen atoms in total. The molecule has 3 unspecified atom stereocenters. The summed E-state index contributed by atoms with van der Waals surface area (Å²) in [5, 5.41) is 12.1. The predicted octanol–water partition coefficient (Wildman–Crippen LogP) is 0.0608. The van der Waals surface area contributed by atoms with Crippen molar-refractivity contribution in [3.8, 4) is 0 Å². The highest BCUT2D eigenvalue weighted by Gasteiger charge is 2.42. The fraction of sp³-hybridized carbons (Fsp3) is 1.00. The van der Waals surface area contributed by atoms with E-state index in [4.69, 9.17) is 5.11 Å². The standard InChI is InChI=1S/C9H15F3N2O/c10-9(11,12)8(15)5-14-3-6-1-13-2-7(6)4-14/h6-8,13,15H,1-5H2. The topological polar surface area (TPSA) is 35.5 Å². The van der Waals surface area contributed by atoms with Crippen LogP contribution in [0.25, 0.3) is 0 Å². The first kappa shape index (κ1) is 11.2. The number of rotatable bonds is 2. The van der Waals surface area contributed by atoms with Crippen LogP contribution in [-0.4, -0.2) is 55.0 Å². The number of hydrogen-bond acceptors (Lipinski definition) is 3. The summed E-state index contributed by atoms with van der Waals surface area (Å²) < 4.78 is 36.3. The minimum absolute atomic E-state index is 0.281. The molecule has 15 heavy (non-hydrogen) atoms. The van der Waals surface area contributed by atoms with Crippen LogP contribution in [0.15, 0.2) is 0 Å². The van der Waals surface area contributed by atoms with E-state index in [2.05, 4.69) is 5.32 Å². The van der Waals surface area contributed by atoms with Gasteiger partial charge in [0.15, 0.2) is 6.10 Å².